The summed E-state index contributed by atoms with van der Waals surface area (Å²) >= 11 is 0. The van der Waals surface area contributed by atoms with E-state index in [2.05, 4.69) is 20.5 Å². The highest BCUT2D eigenvalue weighted by Gasteiger charge is 2.26. The number of carbonyl (C=O) groups is 3. The van der Waals surface area contributed by atoms with E-state index in [1.165, 1.54) is 12.1 Å². The molecule has 43 heavy (non-hydrogen) atoms. The molecule has 0 bridgehead atoms. The number of rotatable bonds is 5. The molecule has 1 aliphatic rings. The first-order valence-electron chi connectivity index (χ1n) is 14.1. The number of halogens is 1. The van der Waals surface area contributed by atoms with E-state index in [0.717, 1.165) is 11.3 Å². The summed E-state index contributed by atoms with van der Waals surface area (Å²) in [6.45, 7) is 13.0. The quantitative estimate of drug-likeness (QED) is 0.346. The number of nitrogens with one attached hydrogen (secondary N) is 2. The van der Waals surface area contributed by atoms with Crippen LogP contribution >= 0.6 is 0 Å². The van der Waals surface area contributed by atoms with Gasteiger partial charge in [0, 0.05) is 26.2 Å². The summed E-state index contributed by atoms with van der Waals surface area (Å²) in [6.07, 6.45) is 0.612. The van der Waals surface area contributed by atoms with Crippen molar-refractivity contribution in [1.82, 2.24) is 9.88 Å². The van der Waals surface area contributed by atoms with Crippen molar-refractivity contribution in [2.45, 2.75) is 52.7 Å². The number of ether oxygens (including phenoxy) is 2. The average Bonchev–Trinajstić information content (AvgIpc) is 2.92. The molecule has 1 aliphatic heterocycles. The van der Waals surface area contributed by atoms with E-state index >= 15 is 0 Å². The molecule has 0 unspecified atom stereocenters. The Labute approximate surface area is 251 Å². The molecule has 0 atom stereocenters. The molecule has 2 N–H and O–H groups in total. The molecule has 1 saturated heterocycles. The van der Waals surface area contributed by atoms with Crippen molar-refractivity contribution >= 4 is 35.2 Å². The van der Waals surface area contributed by atoms with Gasteiger partial charge in [-0.3, -0.25) is 10.1 Å². The third-order valence-corrected chi connectivity index (χ3v) is 6.36. The molecule has 2 aromatic carbocycles. The van der Waals surface area contributed by atoms with Crippen molar-refractivity contribution in [2.75, 3.05) is 41.7 Å². The number of amides is 3. The minimum absolute atomic E-state index is 0.173. The molecular formula is C32H38FN5O5. The first-order valence-corrected chi connectivity index (χ1v) is 14.1. The van der Waals surface area contributed by atoms with Gasteiger partial charge in [0.25, 0.3) is 5.91 Å². The van der Waals surface area contributed by atoms with Crippen molar-refractivity contribution in [1.29, 1.82) is 0 Å². The zero-order valence-corrected chi connectivity index (χ0v) is 25.4. The number of benzene rings is 2. The molecule has 0 saturated carbocycles. The molecule has 1 fully saturated rings. The van der Waals surface area contributed by atoms with Gasteiger partial charge in [0.2, 0.25) is 0 Å². The molecule has 3 amide bonds. The summed E-state index contributed by atoms with van der Waals surface area (Å²) < 4.78 is 24.3. The number of nitrogens with zero attached hydrogens (tertiary/aromatic N) is 3. The average molecular weight is 592 g/mol. The first-order chi connectivity index (χ1) is 20.2. The van der Waals surface area contributed by atoms with Crippen LogP contribution in [-0.4, -0.2) is 65.4 Å². The Bertz CT molecular complexity index is 1460. The fourth-order valence-electron chi connectivity index (χ4n) is 4.36. The smallest absolute Gasteiger partial charge is 0.412 e. The summed E-state index contributed by atoms with van der Waals surface area (Å²) in [7, 11) is 0. The number of carbonyl (C=O) groups excluding carboxylic acids is 3. The van der Waals surface area contributed by atoms with Crippen LogP contribution in [-0.2, 0) is 9.47 Å². The van der Waals surface area contributed by atoms with Crippen LogP contribution in [0.4, 0.5) is 31.0 Å². The van der Waals surface area contributed by atoms with Crippen LogP contribution in [0.25, 0.3) is 11.1 Å². The van der Waals surface area contributed by atoms with E-state index < -0.39 is 23.2 Å². The Kier molecular flexibility index (Phi) is 9.22. The summed E-state index contributed by atoms with van der Waals surface area (Å²) in [5.74, 6) is -0.843. The fraction of sp³-hybridized carbons (Fsp3) is 0.375. The van der Waals surface area contributed by atoms with Gasteiger partial charge in [0.15, 0.2) is 0 Å². The van der Waals surface area contributed by atoms with Gasteiger partial charge in [0.1, 0.15) is 22.7 Å². The highest BCUT2D eigenvalue weighted by atomic mass is 19.1. The number of pyridine rings is 1. The zero-order valence-electron chi connectivity index (χ0n) is 25.4. The van der Waals surface area contributed by atoms with Crippen LogP contribution < -0.4 is 15.5 Å². The van der Waals surface area contributed by atoms with E-state index in [1.807, 2.05) is 20.8 Å². The van der Waals surface area contributed by atoms with Gasteiger partial charge in [-0.05, 0) is 89.1 Å². The Morgan fingerprint density at radius 2 is 1.40 bits per heavy atom. The van der Waals surface area contributed by atoms with Gasteiger partial charge in [0.05, 0.1) is 23.3 Å². The lowest BCUT2D eigenvalue weighted by atomic mass is 10.0. The molecular weight excluding hydrogens is 553 g/mol. The molecule has 10 nitrogen and oxygen atoms in total. The monoisotopic (exact) mass is 591 g/mol. The van der Waals surface area contributed by atoms with E-state index in [9.17, 15) is 18.8 Å². The second kappa shape index (κ2) is 12.7. The van der Waals surface area contributed by atoms with Crippen molar-refractivity contribution in [3.8, 4) is 11.1 Å². The van der Waals surface area contributed by atoms with E-state index in [1.54, 1.807) is 74.3 Å². The van der Waals surface area contributed by atoms with E-state index in [4.69, 9.17) is 9.47 Å². The Hall–Kier alpha value is -4.67. The van der Waals surface area contributed by atoms with Crippen molar-refractivity contribution in [3.63, 3.8) is 0 Å². The van der Waals surface area contributed by atoms with Crippen LogP contribution in [0.5, 0.6) is 0 Å². The van der Waals surface area contributed by atoms with Crippen LogP contribution in [0.3, 0.4) is 0 Å². The van der Waals surface area contributed by atoms with Gasteiger partial charge in [-0.15, -0.1) is 0 Å². The summed E-state index contributed by atoms with van der Waals surface area (Å²) in [4.78, 5) is 46.3. The number of aromatic nitrogens is 1. The third-order valence-electron chi connectivity index (χ3n) is 6.36. The minimum atomic E-state index is -0.713. The number of piperazine rings is 1. The standard InChI is InChI=1S/C32H38FN5O5/c1-31(2,3)42-29(40)36-25-13-9-22(21-7-10-23(33)11-8-21)19-27(25)35-28(39)26-14-12-24(20-34-26)37-15-17-38(18-16-37)30(41)43-32(4,5)6/h7-14,19-20H,15-18H2,1-6H3,(H,35,39)(H,36,40). The van der Waals surface area contributed by atoms with E-state index in [-0.39, 0.29) is 17.6 Å². The second-order valence-electron chi connectivity index (χ2n) is 12.2. The highest BCUT2D eigenvalue weighted by molar-refractivity contribution is 6.06. The van der Waals surface area contributed by atoms with Crippen molar-refractivity contribution in [2.24, 2.45) is 0 Å². The highest BCUT2D eigenvalue weighted by Crippen LogP contribution is 2.30. The maximum Gasteiger partial charge on any atom is 0.412 e. The lowest BCUT2D eigenvalue weighted by Gasteiger charge is -2.36. The summed E-state index contributed by atoms with van der Waals surface area (Å²) in [6, 6.07) is 14.5. The predicted molar refractivity (Wildman–Crippen MR) is 164 cm³/mol. The molecule has 0 aliphatic carbocycles. The Morgan fingerprint density at radius 1 is 0.767 bits per heavy atom. The third kappa shape index (κ3) is 8.91. The van der Waals surface area contributed by atoms with E-state index in [0.29, 0.717) is 43.1 Å². The molecule has 2 heterocycles. The molecule has 0 spiro atoms. The molecule has 4 rings (SSSR count). The maximum absolute atomic E-state index is 13.5. The Morgan fingerprint density at radius 3 is 1.98 bits per heavy atom. The number of anilines is 3. The van der Waals surface area contributed by atoms with Gasteiger partial charge in [-0.25, -0.2) is 19.0 Å². The van der Waals surface area contributed by atoms with Crippen LogP contribution in [0.15, 0.2) is 60.8 Å². The molecule has 1 aromatic heterocycles. The Balaban J connectivity index is 1.47. The number of hydrogen-bond acceptors (Lipinski definition) is 7. The lowest BCUT2D eigenvalue weighted by molar-refractivity contribution is 0.0240. The lowest BCUT2D eigenvalue weighted by Crippen LogP contribution is -2.50. The summed E-state index contributed by atoms with van der Waals surface area (Å²) in [5.41, 5.74) is 1.82. The number of hydrogen-bond donors (Lipinski definition) is 2. The topological polar surface area (TPSA) is 113 Å². The normalized spacial score (nSPS) is 13.7. The van der Waals surface area contributed by atoms with Gasteiger partial charge in [-0.2, -0.15) is 0 Å². The maximum atomic E-state index is 13.5. The van der Waals surface area contributed by atoms with Crippen LogP contribution in [0.1, 0.15) is 52.0 Å². The molecule has 0 radical (unpaired) electrons. The van der Waals surface area contributed by atoms with Gasteiger partial charge in [-0.1, -0.05) is 18.2 Å². The molecule has 228 valence electrons. The largest absolute Gasteiger partial charge is 0.444 e. The first kappa shape index (κ1) is 31.3. The SMILES string of the molecule is CC(C)(C)OC(=O)Nc1ccc(-c2ccc(F)cc2)cc1NC(=O)c1ccc(N2CCN(C(=O)OC(C)(C)C)CC2)cn1. The minimum Gasteiger partial charge on any atom is -0.444 e. The van der Waals surface area contributed by atoms with Crippen molar-refractivity contribution < 1.29 is 28.2 Å². The van der Waals surface area contributed by atoms with Crippen molar-refractivity contribution in [3.05, 3.63) is 72.3 Å². The fourth-order valence-corrected chi connectivity index (χ4v) is 4.36. The van der Waals surface area contributed by atoms with Crippen LogP contribution in [0, 0.1) is 5.82 Å². The van der Waals surface area contributed by atoms with Gasteiger partial charge >= 0.3 is 12.2 Å². The summed E-state index contributed by atoms with van der Waals surface area (Å²) in [5, 5.41) is 5.52. The zero-order chi connectivity index (χ0) is 31.4. The second-order valence-corrected chi connectivity index (χ2v) is 12.2. The molecule has 11 heteroatoms. The van der Waals surface area contributed by atoms with Gasteiger partial charge < -0.3 is 24.6 Å². The predicted octanol–water partition coefficient (Wildman–Crippen LogP) is 6.54. The molecule has 3 aromatic rings. The van der Waals surface area contributed by atoms with Crippen LogP contribution in [0.2, 0.25) is 0 Å².